The molecular weight excluding hydrogens is 1430 g/mol. The fraction of sp³-hybridized carbons (Fsp3) is 0.633. The zero-order chi connectivity index (χ0) is 82.4. The van der Waals surface area contributed by atoms with Crippen LogP contribution < -0.4 is 64.6 Å². The number of para-hydroxylation sites is 1. The van der Waals surface area contributed by atoms with E-state index in [4.69, 9.17) is 11.5 Å². The molecule has 111 heavy (non-hydrogen) atoms. The number of hydrogen-bond donors (Lipinski definition) is 16. The molecule has 1 aromatic heterocycles. The van der Waals surface area contributed by atoms with Gasteiger partial charge >= 0.3 is 5.97 Å². The summed E-state index contributed by atoms with van der Waals surface area (Å²) in [5.41, 5.74) is 13.1. The summed E-state index contributed by atoms with van der Waals surface area (Å²) >= 11 is 0. The van der Waals surface area contributed by atoms with Crippen molar-refractivity contribution >= 4 is 100.0 Å². The lowest BCUT2D eigenvalue weighted by atomic mass is 9.99. The molecule has 1 saturated heterocycles. The third kappa shape index (κ3) is 34.1. The Morgan fingerprint density at radius 3 is 1.43 bits per heavy atom. The number of aliphatic carboxylic acids is 1. The first-order chi connectivity index (χ1) is 52.6. The molecule has 18 N–H and O–H groups in total. The summed E-state index contributed by atoms with van der Waals surface area (Å²) in [5, 5.41) is 58.0. The molecule has 0 saturated carbocycles. The van der Waals surface area contributed by atoms with Gasteiger partial charge in [0.15, 0.2) is 0 Å². The number of carboxylic acid groups (broad SMARTS) is 1. The number of aliphatic hydroxyl groups excluding tert-OH is 2. The summed E-state index contributed by atoms with van der Waals surface area (Å²) in [6, 6.07) is 1.64. The topological polar surface area (TPSA) is 508 Å². The molecule has 1 unspecified atom stereocenters. The largest absolute Gasteiger partial charge is 0.480 e. The van der Waals surface area contributed by atoms with Crippen molar-refractivity contribution in [3.05, 3.63) is 71.9 Å². The molecule has 1 aliphatic rings. The molecule has 0 aliphatic carbocycles. The monoisotopic (exact) mass is 1550 g/mol. The molecule has 1 fully saturated rings. The second-order valence-electron chi connectivity index (χ2n) is 30.5. The molecule has 0 radical (unpaired) electrons. The van der Waals surface area contributed by atoms with Crippen LogP contribution in [0.25, 0.3) is 10.9 Å². The number of unbranched alkanes of at least 4 members (excludes halogenated alkanes) is 11. The first kappa shape index (κ1) is 93.5. The standard InChI is InChI=1S/C79H122N14O18/c1-46(2)38-58(73(104)87-61(43-65(81)98)72(103)84-54(45-94)41-52-28-21-20-22-29-52)88-77(108)68(50(8)95)91-70(101)49(7)83-66(99)33-23-18-16-14-12-10-11-13-15-17-19-24-34-67(100)93-37-27-32-63(93)76(107)85-57(35-36-64(80)97)71(102)86-60(40-48(5)6)75(106)92-69(51(9)96)78(109)89-59(39-47(3)4)74(105)90-62(79(110)111)42-53-44-82-56-31-26-25-30-55(53)56/h20-22,25-26,28-31,44-51,54,57-63,68-69,82,95-96H,10-19,23-24,27,32-43H2,1-9H3,(H2,80,97)(H2,81,98)(H,83,99)(H,84,103)(H,85,107)(H,86,102)(H,87,104)(H,88,108)(H,89,109)(H,90,105)(H,91,101)(H,92,106)(H,110,111)/t49-,50?,51+,54-,57-,58-,59-,60-,61-,62-,63-,68-,69-/m0/s1. The Labute approximate surface area is 650 Å². The van der Waals surface area contributed by atoms with Crippen molar-refractivity contribution < 1.29 is 87.2 Å². The van der Waals surface area contributed by atoms with Crippen LogP contribution in [-0.4, -0.2) is 199 Å². The normalized spacial score (nSPS) is 16.0. The number of nitrogens with two attached hydrogens (primary N) is 2. The molecule has 4 rings (SSSR count). The van der Waals surface area contributed by atoms with E-state index in [1.54, 1.807) is 84.1 Å². The van der Waals surface area contributed by atoms with Crippen molar-refractivity contribution in [1.29, 1.82) is 0 Å². The lowest BCUT2D eigenvalue weighted by Crippen LogP contribution is -2.61. The lowest BCUT2D eigenvalue weighted by Gasteiger charge is -2.29. The van der Waals surface area contributed by atoms with Crippen molar-refractivity contribution in [3.8, 4) is 0 Å². The van der Waals surface area contributed by atoms with E-state index >= 15 is 0 Å². The molecule has 0 bridgehead atoms. The van der Waals surface area contributed by atoms with Crippen molar-refractivity contribution in [1.82, 2.24) is 63.1 Å². The molecule has 2 heterocycles. The smallest absolute Gasteiger partial charge is 0.326 e. The predicted octanol–water partition coefficient (Wildman–Crippen LogP) is 2.60. The molecule has 2 aromatic carbocycles. The van der Waals surface area contributed by atoms with Crippen molar-refractivity contribution in [2.75, 3.05) is 6.54 Å². The number of nitrogens with zero attached hydrogens (tertiary/aromatic N) is 1. The summed E-state index contributed by atoms with van der Waals surface area (Å²) in [6.45, 7) is 14.9. The predicted molar refractivity (Wildman–Crippen MR) is 414 cm³/mol. The highest BCUT2D eigenvalue weighted by Crippen LogP contribution is 2.23. The Morgan fingerprint density at radius 2 is 0.937 bits per heavy atom. The van der Waals surface area contributed by atoms with Crippen LogP contribution in [0.5, 0.6) is 0 Å². The third-order valence-corrected chi connectivity index (χ3v) is 19.2. The van der Waals surface area contributed by atoms with E-state index in [-0.39, 0.29) is 87.4 Å². The maximum atomic E-state index is 14.1. The zero-order valence-corrected chi connectivity index (χ0v) is 65.8. The molecule has 13 atom stereocenters. The fourth-order valence-corrected chi connectivity index (χ4v) is 13.2. The highest BCUT2D eigenvalue weighted by molar-refractivity contribution is 5.99. The average molecular weight is 1560 g/mol. The Morgan fingerprint density at radius 1 is 0.486 bits per heavy atom. The van der Waals surface area contributed by atoms with Gasteiger partial charge in [-0.05, 0) is 114 Å². The molecule has 0 spiro atoms. The van der Waals surface area contributed by atoms with E-state index in [2.05, 4.69) is 58.2 Å². The number of aromatic nitrogens is 1. The van der Waals surface area contributed by atoms with Gasteiger partial charge in [-0.25, -0.2) is 4.79 Å². The van der Waals surface area contributed by atoms with Gasteiger partial charge in [0.25, 0.3) is 0 Å². The minimum absolute atomic E-state index is 0.0179. The van der Waals surface area contributed by atoms with E-state index in [1.165, 1.54) is 25.7 Å². The lowest BCUT2D eigenvalue weighted by molar-refractivity contribution is -0.142. The molecule has 616 valence electrons. The maximum Gasteiger partial charge on any atom is 0.326 e. The highest BCUT2D eigenvalue weighted by Gasteiger charge is 2.40. The van der Waals surface area contributed by atoms with Gasteiger partial charge in [0.05, 0.1) is 24.7 Å². The third-order valence-electron chi connectivity index (χ3n) is 19.2. The van der Waals surface area contributed by atoms with Gasteiger partial charge in [0.1, 0.15) is 66.7 Å². The number of carbonyl (C=O) groups excluding carboxylic acids is 14. The minimum Gasteiger partial charge on any atom is -0.480 e. The van der Waals surface area contributed by atoms with Gasteiger partial charge in [0, 0.05) is 49.3 Å². The fourth-order valence-electron chi connectivity index (χ4n) is 13.2. The quantitative estimate of drug-likeness (QED) is 0.0285. The molecular formula is C79H122N14O18. The second kappa shape index (κ2) is 48.7. The van der Waals surface area contributed by atoms with E-state index in [0.29, 0.717) is 44.1 Å². The number of fused-ring (bicyclic) bond motifs is 1. The highest BCUT2D eigenvalue weighted by atomic mass is 16.4. The Balaban J connectivity index is 1.16. The maximum absolute atomic E-state index is 14.1. The summed E-state index contributed by atoms with van der Waals surface area (Å²) < 4.78 is 0. The summed E-state index contributed by atoms with van der Waals surface area (Å²) in [7, 11) is 0. The molecule has 32 nitrogen and oxygen atoms in total. The van der Waals surface area contributed by atoms with Gasteiger partial charge in [-0.15, -0.1) is 0 Å². The van der Waals surface area contributed by atoms with E-state index in [0.717, 1.165) is 80.7 Å². The second-order valence-corrected chi connectivity index (χ2v) is 30.5. The van der Waals surface area contributed by atoms with Crippen LogP contribution >= 0.6 is 0 Å². The zero-order valence-electron chi connectivity index (χ0n) is 65.8. The number of hydrogen-bond acceptors (Lipinski definition) is 17. The summed E-state index contributed by atoms with van der Waals surface area (Å²) in [4.78, 5) is 204. The molecule has 32 heteroatoms. The first-order valence-corrected chi connectivity index (χ1v) is 39.1. The van der Waals surface area contributed by atoms with Crippen molar-refractivity contribution in [3.63, 3.8) is 0 Å². The molecule has 13 amide bonds. The number of carbonyl (C=O) groups is 15. The van der Waals surface area contributed by atoms with Crippen LogP contribution in [0.2, 0.25) is 0 Å². The average Bonchev–Trinajstić information content (AvgIpc) is 1.84. The van der Waals surface area contributed by atoms with Crippen molar-refractivity contribution in [2.24, 2.45) is 29.2 Å². The summed E-state index contributed by atoms with van der Waals surface area (Å²) in [5.74, 6) is -11.8. The molecule has 3 aromatic rings. The number of primary amides is 2. The van der Waals surface area contributed by atoms with Gasteiger partial charge in [-0.2, -0.15) is 0 Å². The Hall–Kier alpha value is -9.85. The number of H-pyrrole nitrogens is 1. The van der Waals surface area contributed by atoms with E-state index in [1.807, 2.05) is 18.2 Å². The van der Waals surface area contributed by atoms with Crippen LogP contribution in [0.3, 0.4) is 0 Å². The number of aliphatic hydroxyl groups is 2. The number of nitrogens with one attached hydrogen (secondary N) is 11. The van der Waals surface area contributed by atoms with Crippen molar-refractivity contribution in [2.45, 2.75) is 295 Å². The van der Waals surface area contributed by atoms with Gasteiger partial charge in [-0.3, -0.25) is 62.3 Å². The van der Waals surface area contributed by atoms with Gasteiger partial charge in [-0.1, -0.05) is 154 Å². The summed E-state index contributed by atoms with van der Waals surface area (Å²) in [6.07, 6.45) is 9.96. The van der Waals surface area contributed by atoms with Gasteiger partial charge < -0.3 is 94.6 Å². The Kier molecular flexibility index (Phi) is 41.1. The van der Waals surface area contributed by atoms with E-state index in [9.17, 15) is 87.2 Å². The van der Waals surface area contributed by atoms with Crippen LogP contribution in [0, 0.1) is 17.8 Å². The SMILES string of the molecule is CC(C)C[C@H](NC(=O)[C@H](CCC(N)=O)NC(=O)[C@@H]1CCCN1C(=O)CCCCCCCCCCCCCCC(=O)N[C@@H](C)C(=O)N[C@H](C(=O)N[C@@H](CC(C)C)C(=O)N[C@@H](CC(N)=O)C(=O)N[C@H](C=O)Cc1ccccc1)C(C)O)C(=O)N[C@H](C(=O)N[C@@H](CC(C)C)C(=O)N[C@@H](Cc1c[nH]c2ccccc12)C(=O)O)[C@@H](C)O. The minimum atomic E-state index is -1.67. The number of likely N-dealkylation sites (tertiary alicyclic amines) is 1. The first-order valence-electron chi connectivity index (χ1n) is 39.1. The molecule has 1 aliphatic heterocycles. The van der Waals surface area contributed by atoms with Crippen LogP contribution in [0.15, 0.2) is 60.8 Å². The Bertz CT molecular complexity index is 3570. The number of benzene rings is 2. The number of rotatable bonds is 53. The number of amides is 13. The van der Waals surface area contributed by atoms with Crippen LogP contribution in [0.1, 0.15) is 215 Å². The van der Waals surface area contributed by atoms with Crippen LogP contribution in [-0.2, 0) is 84.8 Å². The van der Waals surface area contributed by atoms with Crippen LogP contribution in [0.4, 0.5) is 0 Å². The van der Waals surface area contributed by atoms with Gasteiger partial charge in [0.2, 0.25) is 76.8 Å². The number of aldehydes is 1. The van der Waals surface area contributed by atoms with E-state index < -0.39 is 156 Å². The number of carboxylic acids is 1. The number of aromatic amines is 1.